The molecule has 2 fully saturated rings. The van der Waals surface area contributed by atoms with Gasteiger partial charge in [0.1, 0.15) is 17.4 Å². The van der Waals surface area contributed by atoms with Crippen LogP contribution < -0.4 is 10.1 Å². The van der Waals surface area contributed by atoms with Crippen molar-refractivity contribution in [1.29, 1.82) is 5.26 Å². The van der Waals surface area contributed by atoms with Crippen molar-refractivity contribution in [3.63, 3.8) is 0 Å². The molecule has 2 aromatic carbocycles. The van der Waals surface area contributed by atoms with Crippen LogP contribution in [0.25, 0.3) is 11.3 Å². The first-order valence-electron chi connectivity index (χ1n) is 14.9. The summed E-state index contributed by atoms with van der Waals surface area (Å²) in [5, 5.41) is 13.1. The maximum Gasteiger partial charge on any atom is 0.410 e. The number of nitriles is 1. The zero-order chi connectivity index (χ0) is 31.5. The van der Waals surface area contributed by atoms with Crippen LogP contribution in [0.15, 0.2) is 54.7 Å². The van der Waals surface area contributed by atoms with Crippen molar-refractivity contribution in [2.45, 2.75) is 63.6 Å². The minimum absolute atomic E-state index is 0.0451. The zero-order valence-electron chi connectivity index (χ0n) is 25.5. The third-order valence-electron chi connectivity index (χ3n) is 7.86. The Labute approximate surface area is 256 Å². The van der Waals surface area contributed by atoms with Gasteiger partial charge in [-0.2, -0.15) is 5.26 Å². The lowest BCUT2D eigenvalue weighted by atomic mass is 9.89. The van der Waals surface area contributed by atoms with Crippen LogP contribution in [-0.2, 0) is 4.74 Å². The molecule has 232 valence electrons. The molecule has 3 heterocycles. The van der Waals surface area contributed by atoms with Crippen molar-refractivity contribution in [3.05, 3.63) is 65.9 Å². The molecule has 5 rings (SSSR count). The van der Waals surface area contributed by atoms with E-state index in [9.17, 15) is 10.1 Å². The number of ether oxygens (including phenoxy) is 2. The van der Waals surface area contributed by atoms with Gasteiger partial charge in [-0.1, -0.05) is 12.1 Å². The highest BCUT2D eigenvalue weighted by molar-refractivity contribution is 5.68. The van der Waals surface area contributed by atoms with Crippen LogP contribution in [0.2, 0.25) is 0 Å². The second-order valence-electron chi connectivity index (χ2n) is 12.5. The van der Waals surface area contributed by atoms with Crippen LogP contribution in [0.4, 0.5) is 25.2 Å². The minimum atomic E-state index is -3.33. The number of benzene rings is 2. The number of amides is 1. The third kappa shape index (κ3) is 7.61. The molecule has 11 heteroatoms. The van der Waals surface area contributed by atoms with E-state index in [2.05, 4.69) is 39.4 Å². The summed E-state index contributed by atoms with van der Waals surface area (Å²) in [6, 6.07) is 16.8. The monoisotopic (exact) mass is 604 g/mol. The molecule has 2 saturated heterocycles. The molecule has 2 aliphatic heterocycles. The second-order valence-corrected chi connectivity index (χ2v) is 12.5. The number of halogens is 2. The second kappa shape index (κ2) is 12.7. The van der Waals surface area contributed by atoms with Crippen molar-refractivity contribution in [3.8, 4) is 23.1 Å². The van der Waals surface area contributed by atoms with Gasteiger partial charge in [-0.25, -0.2) is 23.5 Å². The highest BCUT2D eigenvalue weighted by Crippen LogP contribution is 2.34. The lowest BCUT2D eigenvalue weighted by Gasteiger charge is -2.38. The van der Waals surface area contributed by atoms with Gasteiger partial charge in [-0.05, 0) is 102 Å². The maximum atomic E-state index is 15.0. The number of hydrogen-bond acceptors (Lipinski definition) is 8. The van der Waals surface area contributed by atoms with Gasteiger partial charge in [-0.15, -0.1) is 0 Å². The number of carbonyl (C=O) groups is 1. The van der Waals surface area contributed by atoms with Gasteiger partial charge in [0.15, 0.2) is 6.10 Å². The van der Waals surface area contributed by atoms with Gasteiger partial charge in [-0.3, -0.25) is 0 Å². The number of nitrogens with zero attached hydrogens (tertiary/aromatic N) is 5. The predicted octanol–water partition coefficient (Wildman–Crippen LogP) is 6.59. The van der Waals surface area contributed by atoms with Gasteiger partial charge in [0.25, 0.3) is 0 Å². The van der Waals surface area contributed by atoms with Crippen LogP contribution >= 0.6 is 0 Å². The van der Waals surface area contributed by atoms with Crippen LogP contribution in [0.5, 0.6) is 5.75 Å². The van der Waals surface area contributed by atoms with Crippen molar-refractivity contribution in [1.82, 2.24) is 19.8 Å². The first-order valence-corrected chi connectivity index (χ1v) is 14.9. The van der Waals surface area contributed by atoms with E-state index in [0.29, 0.717) is 23.1 Å². The number of anilines is 2. The van der Waals surface area contributed by atoms with E-state index in [4.69, 9.17) is 9.47 Å². The molecule has 0 bridgehead atoms. The summed E-state index contributed by atoms with van der Waals surface area (Å²) < 4.78 is 41.0. The molecular formula is C33H38F2N6O3. The summed E-state index contributed by atoms with van der Waals surface area (Å²) in [4.78, 5) is 24.6. The van der Waals surface area contributed by atoms with Gasteiger partial charge >= 0.3 is 12.0 Å². The summed E-state index contributed by atoms with van der Waals surface area (Å²) in [6.45, 7) is 6.47. The SMILES string of the molecule is CN1CCC(c2ccc(Nc3nccc(-c4ccc(OC5CCN(C(=O)OC(C)(C)C)CC5(F)F)c(C#N)c4)n3)cc2)CC1. The highest BCUT2D eigenvalue weighted by Gasteiger charge is 2.48. The molecule has 2 aliphatic rings. The number of nitrogens with one attached hydrogen (secondary N) is 1. The Hall–Kier alpha value is -4.30. The van der Waals surface area contributed by atoms with Crippen molar-refractivity contribution in [2.24, 2.45) is 0 Å². The minimum Gasteiger partial charge on any atom is -0.483 e. The standard InChI is InChI=1S/C33H38F2N6O3/c1-32(2,3)44-31(42)41-18-14-29(33(34,35)21-41)43-28-10-7-24(19-25(28)20-36)27-11-15-37-30(39-27)38-26-8-5-22(6-9-26)23-12-16-40(4)17-13-23/h5-11,15,19,23,29H,12-14,16-18,21H2,1-4H3,(H,37,38,39). The Morgan fingerprint density at radius 1 is 1.07 bits per heavy atom. The van der Waals surface area contributed by atoms with Gasteiger partial charge < -0.3 is 24.6 Å². The molecule has 9 nitrogen and oxygen atoms in total. The van der Waals surface area contributed by atoms with Crippen molar-refractivity contribution >= 4 is 17.7 Å². The summed E-state index contributed by atoms with van der Waals surface area (Å²) in [6.07, 6.45) is 1.52. The molecular weight excluding hydrogens is 566 g/mol. The number of piperidine rings is 2. The molecule has 0 radical (unpaired) electrons. The lowest BCUT2D eigenvalue weighted by Crippen LogP contribution is -2.56. The third-order valence-corrected chi connectivity index (χ3v) is 7.86. The van der Waals surface area contributed by atoms with Crippen LogP contribution in [0, 0.1) is 11.3 Å². The molecule has 1 N–H and O–H groups in total. The number of alkyl halides is 2. The van der Waals surface area contributed by atoms with Gasteiger partial charge in [0.2, 0.25) is 5.95 Å². The molecule has 0 spiro atoms. The van der Waals surface area contributed by atoms with E-state index in [1.807, 2.05) is 18.2 Å². The Bertz CT molecular complexity index is 1510. The predicted molar refractivity (Wildman–Crippen MR) is 163 cm³/mol. The van der Waals surface area contributed by atoms with Crippen molar-refractivity contribution in [2.75, 3.05) is 38.5 Å². The van der Waals surface area contributed by atoms with Crippen LogP contribution in [0.1, 0.15) is 57.1 Å². The zero-order valence-corrected chi connectivity index (χ0v) is 25.5. The van der Waals surface area contributed by atoms with Gasteiger partial charge in [0, 0.05) is 30.4 Å². The maximum absolute atomic E-state index is 15.0. The number of aromatic nitrogens is 2. The van der Waals surface area contributed by atoms with Gasteiger partial charge in [0.05, 0.1) is 17.8 Å². The Morgan fingerprint density at radius 3 is 2.45 bits per heavy atom. The van der Waals surface area contributed by atoms with E-state index in [1.165, 1.54) is 11.6 Å². The number of rotatable bonds is 6. The van der Waals surface area contributed by atoms with Crippen molar-refractivity contribution < 1.29 is 23.0 Å². The first kappa shape index (κ1) is 31.1. The quantitative estimate of drug-likeness (QED) is 0.336. The number of carbonyl (C=O) groups excluding carboxylic acids is 1. The molecule has 1 atom stereocenters. The summed E-state index contributed by atoms with van der Waals surface area (Å²) in [5.74, 6) is -2.33. The summed E-state index contributed by atoms with van der Waals surface area (Å²) >= 11 is 0. The van der Waals surface area contributed by atoms with E-state index >= 15 is 8.78 Å². The van der Waals surface area contributed by atoms with Crippen LogP contribution in [0.3, 0.4) is 0 Å². The summed E-state index contributed by atoms with van der Waals surface area (Å²) in [7, 11) is 2.16. The normalized spacial score (nSPS) is 19.2. The fraction of sp³-hybridized carbons (Fsp3) is 0.455. The molecule has 1 unspecified atom stereocenters. The fourth-order valence-electron chi connectivity index (χ4n) is 5.47. The highest BCUT2D eigenvalue weighted by atomic mass is 19.3. The molecule has 44 heavy (non-hydrogen) atoms. The molecule has 0 saturated carbocycles. The fourth-order valence-corrected chi connectivity index (χ4v) is 5.47. The van der Waals surface area contributed by atoms with Crippen LogP contribution in [-0.4, -0.2) is 76.7 Å². The van der Waals surface area contributed by atoms with E-state index in [1.54, 1.807) is 45.2 Å². The Kier molecular flexibility index (Phi) is 9.02. The van der Waals surface area contributed by atoms with E-state index in [0.717, 1.165) is 36.5 Å². The smallest absolute Gasteiger partial charge is 0.410 e. The molecule has 1 amide bonds. The molecule has 1 aromatic heterocycles. The average Bonchev–Trinajstić information content (AvgIpc) is 2.98. The lowest BCUT2D eigenvalue weighted by molar-refractivity contribution is -0.137. The van der Waals surface area contributed by atoms with E-state index < -0.39 is 30.3 Å². The van der Waals surface area contributed by atoms with E-state index in [-0.39, 0.29) is 24.3 Å². The number of hydrogen-bond donors (Lipinski definition) is 1. The molecule has 3 aromatic rings. The molecule has 0 aliphatic carbocycles. The average molecular weight is 605 g/mol. The summed E-state index contributed by atoms with van der Waals surface area (Å²) in [5.41, 5.74) is 2.68. The Morgan fingerprint density at radius 2 is 1.80 bits per heavy atom. The topological polar surface area (TPSA) is 104 Å². The Balaban J connectivity index is 1.24. The first-order chi connectivity index (χ1) is 20.9. The number of likely N-dealkylation sites (tertiary alicyclic amines) is 2. The largest absolute Gasteiger partial charge is 0.483 e.